The molecule has 0 saturated carbocycles. The van der Waals surface area contributed by atoms with Gasteiger partial charge in [0.25, 0.3) is 0 Å². The Balaban J connectivity index is 0.000000641. The van der Waals surface area contributed by atoms with E-state index < -0.39 is 22.0 Å². The van der Waals surface area contributed by atoms with Crippen molar-refractivity contribution in [3.8, 4) is 17.2 Å². The van der Waals surface area contributed by atoms with Gasteiger partial charge in [0, 0.05) is 44.4 Å². The fourth-order valence-corrected chi connectivity index (χ4v) is 4.87. The van der Waals surface area contributed by atoms with Crippen LogP contribution in [-0.4, -0.2) is 87.3 Å². The molecule has 1 saturated heterocycles. The molecule has 1 aliphatic rings. The molecule has 12 heteroatoms. The molecular weight excluding hydrogens is 480 g/mol. The van der Waals surface area contributed by atoms with Crippen LogP contribution in [0.5, 0.6) is 17.2 Å². The van der Waals surface area contributed by atoms with E-state index in [0.717, 1.165) is 16.9 Å². The lowest BCUT2D eigenvalue weighted by Crippen LogP contribution is -2.48. The fourth-order valence-electron chi connectivity index (χ4n) is 3.44. The summed E-state index contributed by atoms with van der Waals surface area (Å²) >= 11 is 0. The number of aliphatic carboxylic acids is 2. The fraction of sp³-hybridized carbons (Fsp3) is 0.391. The van der Waals surface area contributed by atoms with Gasteiger partial charge in [0.1, 0.15) is 5.75 Å². The zero-order valence-electron chi connectivity index (χ0n) is 20.1. The molecule has 1 fully saturated rings. The molecule has 2 N–H and O–H groups in total. The van der Waals surface area contributed by atoms with E-state index in [1.807, 2.05) is 31.2 Å². The van der Waals surface area contributed by atoms with Crippen LogP contribution in [0.1, 0.15) is 11.1 Å². The molecule has 0 unspecified atom stereocenters. The van der Waals surface area contributed by atoms with E-state index in [4.69, 9.17) is 34.0 Å². The molecule has 0 bridgehead atoms. The highest BCUT2D eigenvalue weighted by Gasteiger charge is 2.29. The molecule has 0 aliphatic carbocycles. The van der Waals surface area contributed by atoms with E-state index in [2.05, 4.69) is 4.90 Å². The van der Waals surface area contributed by atoms with Gasteiger partial charge in [-0.2, -0.15) is 4.31 Å². The Morgan fingerprint density at radius 2 is 1.31 bits per heavy atom. The lowest BCUT2D eigenvalue weighted by atomic mass is 10.1. The zero-order valence-corrected chi connectivity index (χ0v) is 20.9. The molecule has 11 nitrogen and oxygen atoms in total. The molecule has 0 atom stereocenters. The number of nitrogens with zero attached hydrogens (tertiary/aromatic N) is 2. The first-order valence-corrected chi connectivity index (χ1v) is 12.0. The van der Waals surface area contributed by atoms with Gasteiger partial charge in [-0.05, 0) is 25.1 Å². The van der Waals surface area contributed by atoms with E-state index >= 15 is 0 Å². The molecule has 192 valence electrons. The Morgan fingerprint density at radius 1 is 0.829 bits per heavy atom. The van der Waals surface area contributed by atoms with Crippen molar-refractivity contribution in [3.63, 3.8) is 0 Å². The summed E-state index contributed by atoms with van der Waals surface area (Å²) in [6.45, 7) is 4.77. The topological polar surface area (TPSA) is 143 Å². The molecule has 1 aliphatic heterocycles. The molecule has 3 rings (SSSR count). The van der Waals surface area contributed by atoms with Gasteiger partial charge < -0.3 is 24.4 Å². The Kier molecular flexibility index (Phi) is 9.87. The number of hydrogen-bond donors (Lipinski definition) is 2. The van der Waals surface area contributed by atoms with Crippen molar-refractivity contribution in [2.45, 2.75) is 18.4 Å². The predicted octanol–water partition coefficient (Wildman–Crippen LogP) is 1.68. The van der Waals surface area contributed by atoms with Crippen molar-refractivity contribution < 1.29 is 42.4 Å². The highest BCUT2D eigenvalue weighted by Crippen LogP contribution is 2.35. The van der Waals surface area contributed by atoms with Crippen LogP contribution in [-0.2, 0) is 26.2 Å². The summed E-state index contributed by atoms with van der Waals surface area (Å²) < 4.78 is 43.5. The number of ether oxygens (including phenoxy) is 3. The van der Waals surface area contributed by atoms with Crippen LogP contribution in [0.3, 0.4) is 0 Å². The molecule has 2 aromatic rings. The molecular formula is C23H30N2O9S. The number of benzene rings is 2. The van der Waals surface area contributed by atoms with Crippen molar-refractivity contribution in [1.29, 1.82) is 0 Å². The van der Waals surface area contributed by atoms with E-state index in [9.17, 15) is 8.42 Å². The molecule has 2 aromatic carbocycles. The van der Waals surface area contributed by atoms with E-state index in [1.54, 1.807) is 37.8 Å². The standard InChI is InChI=1S/C21H28N2O5S.C2H2O4/c1-16-5-7-18(8-6-16)29(24,25)23-11-9-22(10-12-23)15-17-13-20(27-3)21(28-4)14-19(17)26-2;3-1(4)2(5)6/h5-8,13-14H,9-12,15H2,1-4H3;(H,3,4)(H,5,6). The van der Waals surface area contributed by atoms with Gasteiger partial charge in [-0.15, -0.1) is 0 Å². The monoisotopic (exact) mass is 510 g/mol. The summed E-state index contributed by atoms with van der Waals surface area (Å²) in [5, 5.41) is 14.8. The smallest absolute Gasteiger partial charge is 0.414 e. The van der Waals surface area contributed by atoms with E-state index in [1.165, 1.54) is 0 Å². The highest BCUT2D eigenvalue weighted by atomic mass is 32.2. The first-order valence-electron chi connectivity index (χ1n) is 10.6. The van der Waals surface area contributed by atoms with Crippen molar-refractivity contribution in [2.24, 2.45) is 0 Å². The summed E-state index contributed by atoms with van der Waals surface area (Å²) in [5.41, 5.74) is 2.01. The first-order chi connectivity index (χ1) is 16.5. The quantitative estimate of drug-likeness (QED) is 0.528. The average Bonchev–Trinajstić information content (AvgIpc) is 2.84. The highest BCUT2D eigenvalue weighted by molar-refractivity contribution is 7.89. The lowest BCUT2D eigenvalue weighted by Gasteiger charge is -2.34. The number of carboxylic acid groups (broad SMARTS) is 2. The van der Waals surface area contributed by atoms with Crippen LogP contribution < -0.4 is 14.2 Å². The van der Waals surface area contributed by atoms with Gasteiger partial charge in [-0.3, -0.25) is 4.90 Å². The summed E-state index contributed by atoms with van der Waals surface area (Å²) in [5.74, 6) is -1.67. The number of rotatable bonds is 7. The second-order valence-electron chi connectivity index (χ2n) is 7.62. The minimum atomic E-state index is -3.46. The number of piperazine rings is 1. The third kappa shape index (κ3) is 7.31. The Labute approximate surface area is 204 Å². The average molecular weight is 511 g/mol. The summed E-state index contributed by atoms with van der Waals surface area (Å²) in [4.78, 5) is 20.8. The second kappa shape index (κ2) is 12.4. The van der Waals surface area contributed by atoms with Crippen LogP contribution >= 0.6 is 0 Å². The third-order valence-corrected chi connectivity index (χ3v) is 7.27. The van der Waals surface area contributed by atoms with Gasteiger partial charge in [-0.1, -0.05) is 17.7 Å². The Bertz CT molecular complexity index is 1110. The summed E-state index contributed by atoms with van der Waals surface area (Å²) in [6, 6.07) is 10.7. The van der Waals surface area contributed by atoms with Crippen molar-refractivity contribution in [2.75, 3.05) is 47.5 Å². The van der Waals surface area contributed by atoms with Crippen molar-refractivity contribution >= 4 is 22.0 Å². The molecule has 35 heavy (non-hydrogen) atoms. The van der Waals surface area contributed by atoms with E-state index in [0.29, 0.717) is 49.1 Å². The Hall–Kier alpha value is -3.35. The second-order valence-corrected chi connectivity index (χ2v) is 9.56. The largest absolute Gasteiger partial charge is 0.496 e. The molecule has 1 heterocycles. The number of aryl methyl sites for hydroxylation is 1. The SMILES string of the molecule is COc1cc(OC)c(OC)cc1CN1CCN(S(=O)(=O)c2ccc(C)cc2)CC1.O=C(O)C(=O)O. The molecule has 0 spiro atoms. The minimum absolute atomic E-state index is 0.345. The molecule has 0 radical (unpaired) electrons. The maximum Gasteiger partial charge on any atom is 0.414 e. The summed E-state index contributed by atoms with van der Waals surface area (Å²) in [7, 11) is 1.35. The normalized spacial score (nSPS) is 14.4. The van der Waals surface area contributed by atoms with Crippen LogP contribution in [0.25, 0.3) is 0 Å². The number of carbonyl (C=O) groups is 2. The van der Waals surface area contributed by atoms with Crippen molar-refractivity contribution in [1.82, 2.24) is 9.21 Å². The number of hydrogen-bond acceptors (Lipinski definition) is 8. The van der Waals surface area contributed by atoms with Crippen LogP contribution in [0.15, 0.2) is 41.3 Å². The zero-order chi connectivity index (χ0) is 26.2. The maximum absolute atomic E-state index is 12.9. The summed E-state index contributed by atoms with van der Waals surface area (Å²) in [6.07, 6.45) is 0. The van der Waals surface area contributed by atoms with E-state index in [-0.39, 0.29) is 0 Å². The van der Waals surface area contributed by atoms with Crippen LogP contribution in [0.2, 0.25) is 0 Å². The van der Waals surface area contributed by atoms with Gasteiger partial charge in [0.05, 0.1) is 26.2 Å². The van der Waals surface area contributed by atoms with Gasteiger partial charge >= 0.3 is 11.9 Å². The first kappa shape index (κ1) is 27.9. The predicted molar refractivity (Wildman–Crippen MR) is 127 cm³/mol. The van der Waals surface area contributed by atoms with Gasteiger partial charge in [0.15, 0.2) is 11.5 Å². The lowest BCUT2D eigenvalue weighted by molar-refractivity contribution is -0.159. The Morgan fingerprint density at radius 3 is 1.77 bits per heavy atom. The van der Waals surface area contributed by atoms with Crippen LogP contribution in [0.4, 0.5) is 0 Å². The maximum atomic E-state index is 12.9. The van der Waals surface area contributed by atoms with Crippen molar-refractivity contribution in [3.05, 3.63) is 47.5 Å². The third-order valence-electron chi connectivity index (χ3n) is 5.35. The van der Waals surface area contributed by atoms with Gasteiger partial charge in [0.2, 0.25) is 10.0 Å². The molecule has 0 aromatic heterocycles. The van der Waals surface area contributed by atoms with Gasteiger partial charge in [-0.25, -0.2) is 18.0 Å². The number of methoxy groups -OCH3 is 3. The van der Waals surface area contributed by atoms with Crippen LogP contribution in [0, 0.1) is 6.92 Å². The number of carboxylic acids is 2. The number of sulfonamides is 1. The minimum Gasteiger partial charge on any atom is -0.496 e. The molecule has 0 amide bonds.